The number of aromatic nitrogens is 1. The number of anilines is 1. The summed E-state index contributed by atoms with van der Waals surface area (Å²) in [6.07, 6.45) is 5.83. The van der Waals surface area contributed by atoms with Gasteiger partial charge in [0.25, 0.3) is 0 Å². The first kappa shape index (κ1) is 29.6. The van der Waals surface area contributed by atoms with Gasteiger partial charge in [-0.1, -0.05) is 47.5 Å². The molecule has 1 N–H and O–H groups in total. The van der Waals surface area contributed by atoms with Gasteiger partial charge in [-0.3, -0.25) is 19.4 Å². The molecule has 2 aliphatic heterocycles. The topological polar surface area (TPSA) is 88.6 Å². The summed E-state index contributed by atoms with van der Waals surface area (Å²) in [6.45, 7) is 4.02. The number of hydrogen-bond acceptors (Lipinski definition) is 5. The number of nitrogens with one attached hydrogen (secondary N) is 1. The number of amides is 2. The van der Waals surface area contributed by atoms with Crippen molar-refractivity contribution in [3.8, 4) is 11.1 Å². The zero-order valence-corrected chi connectivity index (χ0v) is 25.5. The van der Waals surface area contributed by atoms with Crippen LogP contribution < -0.4 is 5.32 Å². The van der Waals surface area contributed by atoms with Gasteiger partial charge in [-0.05, 0) is 72.7 Å². The Labute approximate surface area is 253 Å². The highest BCUT2D eigenvalue weighted by molar-refractivity contribution is 9.10. The van der Waals surface area contributed by atoms with Gasteiger partial charge < -0.3 is 15.0 Å². The molecule has 3 heterocycles. The van der Waals surface area contributed by atoms with Gasteiger partial charge in [0.05, 0.1) is 25.3 Å². The van der Waals surface area contributed by atoms with Crippen LogP contribution in [0.1, 0.15) is 61.0 Å². The third-order valence-electron chi connectivity index (χ3n) is 8.10. The lowest BCUT2D eigenvalue weighted by Crippen LogP contribution is -2.38. The predicted molar refractivity (Wildman–Crippen MR) is 163 cm³/mol. The molecule has 0 fully saturated rings. The number of aryl methyl sites for hydroxylation is 1. The Balaban J connectivity index is 1.52. The van der Waals surface area contributed by atoms with E-state index in [1.807, 2.05) is 42.2 Å². The van der Waals surface area contributed by atoms with E-state index in [0.29, 0.717) is 59.1 Å². The summed E-state index contributed by atoms with van der Waals surface area (Å²) >= 11 is 3.46. The van der Waals surface area contributed by atoms with E-state index < -0.39 is 0 Å². The largest absolute Gasteiger partial charge is 0.469 e. The van der Waals surface area contributed by atoms with E-state index in [1.165, 1.54) is 7.11 Å². The van der Waals surface area contributed by atoms with Gasteiger partial charge in [-0.15, -0.1) is 0 Å². The zero-order chi connectivity index (χ0) is 30.0. The Kier molecular flexibility index (Phi) is 8.87. The fraction of sp³-hybridized carbons (Fsp3) is 0.333. The van der Waals surface area contributed by atoms with Gasteiger partial charge in [0.1, 0.15) is 5.82 Å². The van der Waals surface area contributed by atoms with Gasteiger partial charge in [-0.25, -0.2) is 4.39 Å². The third-order valence-corrected chi connectivity index (χ3v) is 8.76. The van der Waals surface area contributed by atoms with Crippen LogP contribution in [0.3, 0.4) is 0 Å². The van der Waals surface area contributed by atoms with Crippen molar-refractivity contribution in [2.24, 2.45) is 5.92 Å². The molecule has 0 radical (unpaired) electrons. The van der Waals surface area contributed by atoms with Crippen LogP contribution in [0.5, 0.6) is 0 Å². The van der Waals surface area contributed by atoms with E-state index in [-0.39, 0.29) is 42.0 Å². The normalized spacial score (nSPS) is 19.2. The number of nitrogens with zero attached hydrogens (tertiary/aromatic N) is 2. The molecule has 2 atom stereocenters. The summed E-state index contributed by atoms with van der Waals surface area (Å²) in [6, 6.07) is 12.6. The minimum atomic E-state index is -0.363. The summed E-state index contributed by atoms with van der Waals surface area (Å²) < 4.78 is 20.5. The van der Waals surface area contributed by atoms with Crippen LogP contribution in [0.15, 0.2) is 59.2 Å². The summed E-state index contributed by atoms with van der Waals surface area (Å²) in [4.78, 5) is 45.2. The van der Waals surface area contributed by atoms with Crippen LogP contribution in [0.2, 0.25) is 0 Å². The van der Waals surface area contributed by atoms with E-state index in [2.05, 4.69) is 26.2 Å². The van der Waals surface area contributed by atoms with Crippen molar-refractivity contribution in [2.45, 2.75) is 52.0 Å². The van der Waals surface area contributed by atoms with E-state index in [9.17, 15) is 14.4 Å². The first-order chi connectivity index (χ1) is 20.2. The van der Waals surface area contributed by atoms with Crippen LogP contribution in [0, 0.1) is 18.7 Å². The Bertz CT molecular complexity index is 1590. The fourth-order valence-electron chi connectivity index (χ4n) is 5.67. The molecule has 2 aliphatic rings. The lowest BCUT2D eigenvalue weighted by molar-refractivity contribution is -0.139. The Morgan fingerprint density at radius 2 is 1.98 bits per heavy atom. The second-order valence-electron chi connectivity index (χ2n) is 10.9. The highest BCUT2D eigenvalue weighted by Gasteiger charge is 2.31. The van der Waals surface area contributed by atoms with E-state index in [1.54, 1.807) is 31.3 Å². The van der Waals surface area contributed by atoms with E-state index in [0.717, 1.165) is 22.4 Å². The molecule has 7 nitrogen and oxygen atoms in total. The number of ether oxygens (including phenoxy) is 1. The second-order valence-corrected chi connectivity index (χ2v) is 11.8. The van der Waals surface area contributed by atoms with Crippen molar-refractivity contribution in [1.29, 1.82) is 0 Å². The summed E-state index contributed by atoms with van der Waals surface area (Å²) in [5, 5.41) is 3.07. The number of hydrogen-bond donors (Lipinski definition) is 1. The van der Waals surface area contributed by atoms with Crippen LogP contribution in [-0.4, -0.2) is 41.3 Å². The van der Waals surface area contributed by atoms with Crippen LogP contribution in [0.4, 0.5) is 10.1 Å². The van der Waals surface area contributed by atoms with Crippen molar-refractivity contribution in [3.63, 3.8) is 0 Å². The number of carbonyl (C=O) groups is 3. The average Bonchev–Trinajstić information content (AvgIpc) is 2.97. The monoisotopic (exact) mass is 633 g/mol. The number of benzene rings is 2. The van der Waals surface area contributed by atoms with Gasteiger partial charge >= 0.3 is 5.97 Å². The number of pyridine rings is 1. The van der Waals surface area contributed by atoms with Crippen molar-refractivity contribution in [3.05, 3.63) is 87.4 Å². The molecule has 9 heteroatoms. The molecule has 0 unspecified atom stereocenters. The van der Waals surface area contributed by atoms with Gasteiger partial charge in [0, 0.05) is 46.0 Å². The van der Waals surface area contributed by atoms with Crippen molar-refractivity contribution < 1.29 is 23.5 Å². The predicted octanol–water partition coefficient (Wildman–Crippen LogP) is 6.79. The van der Waals surface area contributed by atoms with Crippen LogP contribution in [0.25, 0.3) is 16.7 Å². The maximum Gasteiger partial charge on any atom is 0.309 e. The first-order valence-electron chi connectivity index (χ1n) is 14.1. The average molecular weight is 635 g/mol. The molecule has 0 spiro atoms. The second kappa shape index (κ2) is 12.6. The van der Waals surface area contributed by atoms with Gasteiger partial charge in [0.15, 0.2) is 0 Å². The molecule has 42 heavy (non-hydrogen) atoms. The standard InChI is InChI=1S/C33H33BrFN3O4/c1-19-7-10-25(34)31(32(19)35)23-12-14-38(29(39)18-23)28-6-4-5-20(2)33(41)37-26-15-21(16-30(40)42-3)8-9-24(26)22-11-13-36-27(28)17-22/h7-11,13,15,17-18,20,28H,4-6,12,14,16H2,1-3H3,(H,37,41)/t20-,28+/m1/s1. The molecule has 2 amide bonds. The molecule has 218 valence electrons. The van der Waals surface area contributed by atoms with E-state index in [4.69, 9.17) is 4.74 Å². The van der Waals surface area contributed by atoms with Crippen LogP contribution in [-0.2, 0) is 25.5 Å². The lowest BCUT2D eigenvalue weighted by Gasteiger charge is -2.35. The Hall–Kier alpha value is -3.85. The molecule has 5 rings (SSSR count). The van der Waals surface area contributed by atoms with Crippen LogP contribution >= 0.6 is 15.9 Å². The molecule has 1 aromatic heterocycles. The maximum atomic E-state index is 15.1. The molecule has 0 saturated carbocycles. The number of halogens is 2. The molecule has 2 bridgehead atoms. The van der Waals surface area contributed by atoms with Crippen molar-refractivity contribution >= 4 is 45.0 Å². The molecular formula is C33H33BrFN3O4. The number of rotatable bonds is 4. The minimum absolute atomic E-state index is 0.0917. The number of methoxy groups -OCH3 is 1. The molecular weight excluding hydrogens is 601 g/mol. The van der Waals surface area contributed by atoms with Crippen molar-refractivity contribution in [2.75, 3.05) is 19.0 Å². The fourth-order valence-corrected chi connectivity index (χ4v) is 6.23. The highest BCUT2D eigenvalue weighted by Crippen LogP contribution is 2.38. The summed E-state index contributed by atoms with van der Waals surface area (Å²) in [5.74, 6) is -1.24. The van der Waals surface area contributed by atoms with Gasteiger partial charge in [-0.2, -0.15) is 0 Å². The van der Waals surface area contributed by atoms with E-state index >= 15 is 4.39 Å². The summed E-state index contributed by atoms with van der Waals surface area (Å²) in [7, 11) is 1.35. The molecule has 0 aliphatic carbocycles. The first-order valence-corrected chi connectivity index (χ1v) is 14.9. The third kappa shape index (κ3) is 6.16. The molecule has 3 aromatic rings. The Morgan fingerprint density at radius 3 is 2.74 bits per heavy atom. The smallest absolute Gasteiger partial charge is 0.309 e. The molecule has 0 saturated heterocycles. The number of fused-ring (bicyclic) bond motifs is 4. The summed E-state index contributed by atoms with van der Waals surface area (Å²) in [5.41, 5.74) is 5.35. The quantitative estimate of drug-likeness (QED) is 0.320. The number of esters is 1. The Morgan fingerprint density at radius 1 is 1.17 bits per heavy atom. The minimum Gasteiger partial charge on any atom is -0.469 e. The lowest BCUT2D eigenvalue weighted by atomic mass is 9.92. The van der Waals surface area contributed by atoms with Crippen molar-refractivity contribution in [1.82, 2.24) is 9.88 Å². The van der Waals surface area contributed by atoms with Gasteiger partial charge in [0.2, 0.25) is 11.8 Å². The number of carbonyl (C=O) groups excluding carboxylic acids is 3. The molecule has 2 aromatic carbocycles. The zero-order valence-electron chi connectivity index (χ0n) is 23.9. The SMILES string of the molecule is COC(=O)Cc1ccc2c(c1)NC(=O)[C@H](C)CCC[C@H](N1CCC(c3c(Br)ccc(C)c3F)=CC1=O)c1cc-2ccn1. The highest BCUT2D eigenvalue weighted by atomic mass is 79.9. The maximum absolute atomic E-state index is 15.1.